The van der Waals surface area contributed by atoms with Crippen LogP contribution in [-0.4, -0.2) is 48.4 Å². The number of carbonyl (C=O) groups is 3. The molecule has 0 unspecified atom stereocenters. The summed E-state index contributed by atoms with van der Waals surface area (Å²) in [6, 6.07) is 8.73. The van der Waals surface area contributed by atoms with Crippen molar-refractivity contribution < 1.29 is 46.5 Å². The van der Waals surface area contributed by atoms with E-state index in [0.29, 0.717) is 49.1 Å². The van der Waals surface area contributed by atoms with Crippen LogP contribution in [0.2, 0.25) is 0 Å². The van der Waals surface area contributed by atoms with Gasteiger partial charge in [-0.15, -0.1) is 13.2 Å². The van der Waals surface area contributed by atoms with Gasteiger partial charge in [-0.25, -0.2) is 4.39 Å². The van der Waals surface area contributed by atoms with Gasteiger partial charge in [0.2, 0.25) is 0 Å². The lowest BCUT2D eigenvalue weighted by Crippen LogP contribution is -2.34. The number of benzene rings is 2. The van der Waals surface area contributed by atoms with Gasteiger partial charge in [-0.3, -0.25) is 14.4 Å². The van der Waals surface area contributed by atoms with Gasteiger partial charge in [-0.2, -0.15) is 0 Å². The number of carboxylic acids is 1. The molecule has 1 aliphatic rings. The first kappa shape index (κ1) is 26.8. The maximum atomic E-state index is 13.7. The largest absolute Gasteiger partial charge is 0.573 e. The fourth-order valence-electron chi connectivity index (χ4n) is 3.71. The Morgan fingerprint density at radius 2 is 1.44 bits per heavy atom. The summed E-state index contributed by atoms with van der Waals surface area (Å²) in [4.78, 5) is 35.4. The number of halogens is 4. The van der Waals surface area contributed by atoms with Crippen LogP contribution in [0.1, 0.15) is 46.4 Å². The van der Waals surface area contributed by atoms with Crippen LogP contribution in [0.5, 0.6) is 11.5 Å². The summed E-state index contributed by atoms with van der Waals surface area (Å²) in [7, 11) is 0. The lowest BCUT2D eigenvalue weighted by Gasteiger charge is -2.26. The number of amides is 2. The van der Waals surface area contributed by atoms with E-state index >= 15 is 0 Å². The lowest BCUT2D eigenvalue weighted by molar-refractivity contribution is -0.275. The Morgan fingerprint density at radius 1 is 0.889 bits per heavy atom. The summed E-state index contributed by atoms with van der Waals surface area (Å²) in [5, 5.41) is 14.1. The molecule has 0 spiro atoms. The van der Waals surface area contributed by atoms with Crippen LogP contribution < -0.4 is 20.1 Å². The maximum absolute atomic E-state index is 13.7. The first-order valence-electron chi connectivity index (χ1n) is 11.1. The number of hydrogen-bond acceptors (Lipinski definition) is 5. The second kappa shape index (κ2) is 11.7. The molecular weight excluding hydrogens is 488 g/mol. The van der Waals surface area contributed by atoms with Crippen LogP contribution >= 0.6 is 0 Å². The van der Waals surface area contributed by atoms with Crippen molar-refractivity contribution in [2.45, 2.75) is 38.1 Å². The zero-order valence-electron chi connectivity index (χ0n) is 18.9. The van der Waals surface area contributed by atoms with E-state index < -0.39 is 35.7 Å². The summed E-state index contributed by atoms with van der Waals surface area (Å²) in [6.07, 6.45) is -2.73. The molecule has 0 saturated heterocycles. The fraction of sp³-hybridized carbons (Fsp3) is 0.375. The van der Waals surface area contributed by atoms with Crippen molar-refractivity contribution in [1.82, 2.24) is 10.6 Å². The zero-order valence-corrected chi connectivity index (χ0v) is 18.9. The third kappa shape index (κ3) is 7.85. The molecule has 1 fully saturated rings. The second-order valence-electron chi connectivity index (χ2n) is 8.16. The quantitative estimate of drug-likeness (QED) is 0.347. The molecular formula is C24H24F4N2O6. The standard InChI is InChI=1S/C24H24F4N2O6/c25-19-13-16(5-10-20(19)36-24(26,27)28)22(32)30-12-11-29-21(31)14-1-6-17(7-2-14)35-18-8-3-15(4-9-18)23(33)34/h1-2,5-7,10,13,15,18H,3-4,8-9,11-12H2,(H,29,31)(H,30,32)(H,33,34). The van der Waals surface area contributed by atoms with E-state index in [4.69, 9.17) is 9.84 Å². The van der Waals surface area contributed by atoms with E-state index in [9.17, 15) is 31.9 Å². The summed E-state index contributed by atoms with van der Waals surface area (Å²) in [6.45, 7) is 0.0423. The van der Waals surface area contributed by atoms with E-state index in [2.05, 4.69) is 15.4 Å². The Bertz CT molecular complexity index is 1080. The van der Waals surface area contributed by atoms with Gasteiger partial charge in [0.25, 0.3) is 11.8 Å². The molecule has 0 heterocycles. The molecule has 0 bridgehead atoms. The number of alkyl halides is 3. The van der Waals surface area contributed by atoms with Crippen molar-refractivity contribution >= 4 is 17.8 Å². The van der Waals surface area contributed by atoms with Crippen molar-refractivity contribution in [3.63, 3.8) is 0 Å². The second-order valence-corrected chi connectivity index (χ2v) is 8.16. The Labute approximate surface area is 203 Å². The fourth-order valence-corrected chi connectivity index (χ4v) is 3.71. The van der Waals surface area contributed by atoms with Crippen LogP contribution in [0.25, 0.3) is 0 Å². The molecule has 36 heavy (non-hydrogen) atoms. The number of carboxylic acid groups (broad SMARTS) is 1. The average Bonchev–Trinajstić information content (AvgIpc) is 2.83. The first-order valence-corrected chi connectivity index (χ1v) is 11.1. The molecule has 8 nitrogen and oxygen atoms in total. The highest BCUT2D eigenvalue weighted by molar-refractivity contribution is 5.95. The third-order valence-corrected chi connectivity index (χ3v) is 5.56. The predicted octanol–water partition coefficient (Wildman–Crippen LogP) is 3.91. The number of carbonyl (C=O) groups excluding carboxylic acids is 2. The molecule has 0 radical (unpaired) electrons. The van der Waals surface area contributed by atoms with Gasteiger partial charge >= 0.3 is 12.3 Å². The highest BCUT2D eigenvalue weighted by atomic mass is 19.4. The minimum atomic E-state index is -5.06. The van der Waals surface area contributed by atoms with Gasteiger partial charge in [-0.05, 0) is 68.1 Å². The molecule has 2 aromatic carbocycles. The molecule has 194 valence electrons. The summed E-state index contributed by atoms with van der Waals surface area (Å²) < 4.78 is 59.7. The summed E-state index contributed by atoms with van der Waals surface area (Å²) in [5.74, 6) is -4.08. The van der Waals surface area contributed by atoms with E-state index in [-0.39, 0.29) is 30.7 Å². The van der Waals surface area contributed by atoms with Crippen LogP contribution in [0.3, 0.4) is 0 Å². The smallest absolute Gasteiger partial charge is 0.490 e. The Hall–Kier alpha value is -3.83. The monoisotopic (exact) mass is 512 g/mol. The van der Waals surface area contributed by atoms with Gasteiger partial charge in [0.15, 0.2) is 11.6 Å². The van der Waals surface area contributed by atoms with Crippen molar-refractivity contribution in [2.75, 3.05) is 13.1 Å². The average molecular weight is 512 g/mol. The number of rotatable bonds is 9. The van der Waals surface area contributed by atoms with Crippen molar-refractivity contribution in [1.29, 1.82) is 0 Å². The highest BCUT2D eigenvalue weighted by Crippen LogP contribution is 2.28. The molecule has 0 aromatic heterocycles. The molecule has 0 aliphatic heterocycles. The Morgan fingerprint density at radius 3 is 1.97 bits per heavy atom. The van der Waals surface area contributed by atoms with Gasteiger partial charge in [0.1, 0.15) is 5.75 Å². The van der Waals surface area contributed by atoms with Gasteiger partial charge < -0.3 is 25.2 Å². The SMILES string of the molecule is O=C(NCCNC(=O)c1ccc(OC(F)(F)F)c(F)c1)c1ccc(OC2CCC(C(=O)O)CC2)cc1. The molecule has 2 amide bonds. The molecule has 3 N–H and O–H groups in total. The van der Waals surface area contributed by atoms with Gasteiger partial charge in [0, 0.05) is 24.2 Å². The van der Waals surface area contributed by atoms with E-state index in [1.165, 1.54) is 0 Å². The molecule has 12 heteroatoms. The predicted molar refractivity (Wildman–Crippen MR) is 118 cm³/mol. The number of ether oxygens (including phenoxy) is 2. The zero-order chi connectivity index (χ0) is 26.3. The minimum absolute atomic E-state index is 0.00674. The van der Waals surface area contributed by atoms with Gasteiger partial charge in [-0.1, -0.05) is 0 Å². The molecule has 3 rings (SSSR count). The topological polar surface area (TPSA) is 114 Å². The minimum Gasteiger partial charge on any atom is -0.490 e. The van der Waals surface area contributed by atoms with Crippen molar-refractivity contribution in [2.24, 2.45) is 5.92 Å². The van der Waals surface area contributed by atoms with Crippen LogP contribution in [0.4, 0.5) is 17.6 Å². The van der Waals surface area contributed by atoms with Crippen LogP contribution in [0, 0.1) is 11.7 Å². The van der Waals surface area contributed by atoms with Crippen molar-refractivity contribution in [3.05, 3.63) is 59.4 Å². The maximum Gasteiger partial charge on any atom is 0.573 e. The normalized spacial score (nSPS) is 17.7. The van der Waals surface area contributed by atoms with Gasteiger partial charge in [0.05, 0.1) is 12.0 Å². The Kier molecular flexibility index (Phi) is 8.73. The van der Waals surface area contributed by atoms with Crippen LogP contribution in [0.15, 0.2) is 42.5 Å². The van der Waals surface area contributed by atoms with E-state index in [1.807, 2.05) is 0 Å². The molecule has 0 atom stereocenters. The molecule has 1 saturated carbocycles. The lowest BCUT2D eigenvalue weighted by atomic mass is 9.87. The highest BCUT2D eigenvalue weighted by Gasteiger charge is 2.32. The van der Waals surface area contributed by atoms with E-state index in [0.717, 1.165) is 6.07 Å². The third-order valence-electron chi connectivity index (χ3n) is 5.56. The molecule has 2 aromatic rings. The van der Waals surface area contributed by atoms with E-state index in [1.54, 1.807) is 24.3 Å². The summed E-state index contributed by atoms with van der Waals surface area (Å²) in [5.41, 5.74) is 0.144. The summed E-state index contributed by atoms with van der Waals surface area (Å²) >= 11 is 0. The number of hydrogen-bond donors (Lipinski definition) is 3. The first-order chi connectivity index (χ1) is 17.0. The molecule has 1 aliphatic carbocycles. The van der Waals surface area contributed by atoms with Crippen LogP contribution in [-0.2, 0) is 4.79 Å². The Balaban J connectivity index is 1.40. The number of aliphatic carboxylic acids is 1. The van der Waals surface area contributed by atoms with Crippen molar-refractivity contribution in [3.8, 4) is 11.5 Å². The number of nitrogens with one attached hydrogen (secondary N) is 2.